The van der Waals surface area contributed by atoms with Crippen LogP contribution in [0.25, 0.3) is 4.96 Å². The van der Waals surface area contributed by atoms with Crippen molar-refractivity contribution >= 4 is 22.2 Å². The van der Waals surface area contributed by atoms with Crippen molar-refractivity contribution in [2.75, 3.05) is 26.7 Å². The summed E-state index contributed by atoms with van der Waals surface area (Å²) in [4.78, 5) is 27.2. The molecule has 5 rings (SSSR count). The zero-order valence-electron chi connectivity index (χ0n) is 20.0. The SMILES string of the molecule is COc1ccc(CN2C[C@@H](OCc3ccncc3)CN(Cc3c(C)nc4sccn34)CC2=O)cc1. The Morgan fingerprint density at radius 2 is 1.86 bits per heavy atom. The first-order valence-electron chi connectivity index (χ1n) is 11.6. The number of aromatic nitrogens is 3. The van der Waals surface area contributed by atoms with E-state index >= 15 is 0 Å². The van der Waals surface area contributed by atoms with Gasteiger partial charge in [-0.15, -0.1) is 11.3 Å². The minimum Gasteiger partial charge on any atom is -0.497 e. The van der Waals surface area contributed by atoms with E-state index in [1.165, 1.54) is 0 Å². The Kier molecular flexibility index (Phi) is 7.08. The summed E-state index contributed by atoms with van der Waals surface area (Å²) in [6.07, 6.45) is 5.46. The molecule has 9 heteroatoms. The van der Waals surface area contributed by atoms with Crippen LogP contribution in [0.5, 0.6) is 5.75 Å². The number of carbonyl (C=O) groups excluding carboxylic acids is 1. The van der Waals surface area contributed by atoms with Crippen LogP contribution in [-0.4, -0.2) is 62.9 Å². The number of imidazole rings is 1. The van der Waals surface area contributed by atoms with Gasteiger partial charge >= 0.3 is 0 Å². The summed E-state index contributed by atoms with van der Waals surface area (Å²) < 4.78 is 13.7. The fraction of sp³-hybridized carbons (Fsp3) is 0.346. The van der Waals surface area contributed by atoms with Gasteiger partial charge in [0, 0.05) is 50.1 Å². The van der Waals surface area contributed by atoms with Gasteiger partial charge in [0.05, 0.1) is 37.8 Å². The molecule has 8 nitrogen and oxygen atoms in total. The molecule has 0 radical (unpaired) electrons. The summed E-state index contributed by atoms with van der Waals surface area (Å²) in [5.74, 6) is 0.899. The van der Waals surface area contributed by atoms with E-state index in [2.05, 4.69) is 19.3 Å². The van der Waals surface area contributed by atoms with E-state index in [1.54, 1.807) is 30.8 Å². The molecule has 35 heavy (non-hydrogen) atoms. The third-order valence-electron chi connectivity index (χ3n) is 6.30. The van der Waals surface area contributed by atoms with E-state index in [1.807, 2.05) is 59.8 Å². The van der Waals surface area contributed by atoms with Crippen molar-refractivity contribution in [1.82, 2.24) is 24.2 Å². The smallest absolute Gasteiger partial charge is 0.237 e. The van der Waals surface area contributed by atoms with Gasteiger partial charge in [0.1, 0.15) is 5.75 Å². The maximum absolute atomic E-state index is 13.4. The number of methoxy groups -OCH3 is 1. The zero-order chi connectivity index (χ0) is 24.2. The molecule has 0 spiro atoms. The second kappa shape index (κ2) is 10.6. The van der Waals surface area contributed by atoms with Gasteiger partial charge in [-0.05, 0) is 42.3 Å². The molecule has 4 heterocycles. The predicted molar refractivity (Wildman–Crippen MR) is 134 cm³/mol. The Bertz CT molecular complexity index is 1270. The van der Waals surface area contributed by atoms with Crippen LogP contribution in [0.3, 0.4) is 0 Å². The number of pyridine rings is 1. The first-order chi connectivity index (χ1) is 17.1. The molecule has 1 aliphatic heterocycles. The summed E-state index contributed by atoms with van der Waals surface area (Å²) in [5.41, 5.74) is 4.24. The number of nitrogens with zero attached hydrogens (tertiary/aromatic N) is 5. The topological polar surface area (TPSA) is 72.2 Å². The van der Waals surface area contributed by atoms with E-state index in [4.69, 9.17) is 9.47 Å². The van der Waals surface area contributed by atoms with Crippen molar-refractivity contribution in [3.8, 4) is 5.75 Å². The quantitative estimate of drug-likeness (QED) is 0.376. The van der Waals surface area contributed by atoms with Gasteiger partial charge in [0.2, 0.25) is 5.91 Å². The van der Waals surface area contributed by atoms with Gasteiger partial charge in [-0.3, -0.25) is 19.1 Å². The first kappa shape index (κ1) is 23.5. The molecule has 1 fully saturated rings. The Labute approximate surface area is 208 Å². The fourth-order valence-corrected chi connectivity index (χ4v) is 5.19. The lowest BCUT2D eigenvalue weighted by molar-refractivity contribution is -0.132. The van der Waals surface area contributed by atoms with Crippen molar-refractivity contribution in [3.63, 3.8) is 0 Å². The number of hydrogen-bond donors (Lipinski definition) is 0. The van der Waals surface area contributed by atoms with Gasteiger partial charge in [-0.25, -0.2) is 4.98 Å². The highest BCUT2D eigenvalue weighted by molar-refractivity contribution is 7.15. The van der Waals surface area contributed by atoms with Crippen LogP contribution in [0.4, 0.5) is 0 Å². The standard InChI is InChI=1S/C26H29N5O3S/c1-19-24(31-11-12-35-26(31)28-19)16-29-14-23(34-18-21-7-9-27-10-8-21)15-30(25(32)17-29)13-20-3-5-22(33-2)6-4-20/h3-12,23H,13-18H2,1-2H3/t23-/m0/s1. The van der Waals surface area contributed by atoms with Gasteiger partial charge in [0.15, 0.2) is 4.96 Å². The number of rotatable bonds is 8. The van der Waals surface area contributed by atoms with E-state index in [9.17, 15) is 4.79 Å². The lowest BCUT2D eigenvalue weighted by Crippen LogP contribution is -2.37. The Hall–Kier alpha value is -3.27. The average Bonchev–Trinajstić information content (AvgIpc) is 3.40. The average molecular weight is 492 g/mol. The van der Waals surface area contributed by atoms with Crippen molar-refractivity contribution in [1.29, 1.82) is 0 Å². The molecule has 1 aliphatic rings. The normalized spacial score (nSPS) is 17.1. The lowest BCUT2D eigenvalue weighted by Gasteiger charge is -2.25. The molecule has 182 valence electrons. The monoisotopic (exact) mass is 491 g/mol. The largest absolute Gasteiger partial charge is 0.497 e. The maximum Gasteiger partial charge on any atom is 0.237 e. The highest BCUT2D eigenvalue weighted by atomic mass is 32.1. The van der Waals surface area contributed by atoms with Crippen LogP contribution < -0.4 is 4.74 Å². The molecule has 1 atom stereocenters. The molecule has 4 aromatic rings. The number of benzene rings is 1. The molecule has 0 aliphatic carbocycles. The van der Waals surface area contributed by atoms with Crippen molar-refractivity contribution < 1.29 is 14.3 Å². The molecular weight excluding hydrogens is 462 g/mol. The number of carbonyl (C=O) groups is 1. The summed E-state index contributed by atoms with van der Waals surface area (Å²) >= 11 is 1.62. The molecule has 0 bridgehead atoms. The van der Waals surface area contributed by atoms with E-state index in [-0.39, 0.29) is 12.0 Å². The lowest BCUT2D eigenvalue weighted by atomic mass is 10.2. The van der Waals surface area contributed by atoms with Gasteiger partial charge in [0.25, 0.3) is 0 Å². The Morgan fingerprint density at radius 1 is 1.06 bits per heavy atom. The molecule has 1 saturated heterocycles. The summed E-state index contributed by atoms with van der Waals surface area (Å²) in [5, 5.41) is 2.04. The minimum absolute atomic E-state index is 0.0968. The van der Waals surface area contributed by atoms with Crippen LogP contribution in [0.2, 0.25) is 0 Å². The van der Waals surface area contributed by atoms with Crippen molar-refractivity contribution in [2.24, 2.45) is 0 Å². The van der Waals surface area contributed by atoms with Crippen LogP contribution in [0.15, 0.2) is 60.4 Å². The number of amides is 1. The van der Waals surface area contributed by atoms with Crippen LogP contribution >= 0.6 is 11.3 Å². The highest BCUT2D eigenvalue weighted by Crippen LogP contribution is 2.21. The zero-order valence-corrected chi connectivity index (χ0v) is 20.8. The third-order valence-corrected chi connectivity index (χ3v) is 7.06. The van der Waals surface area contributed by atoms with Gasteiger partial charge < -0.3 is 14.4 Å². The Balaban J connectivity index is 1.35. The third kappa shape index (κ3) is 5.53. The second-order valence-corrected chi connectivity index (χ2v) is 9.65. The summed E-state index contributed by atoms with van der Waals surface area (Å²) in [7, 11) is 1.65. The number of ether oxygens (including phenoxy) is 2. The van der Waals surface area contributed by atoms with Gasteiger partial charge in [-0.2, -0.15) is 0 Å². The first-order valence-corrected chi connectivity index (χ1v) is 12.5. The van der Waals surface area contributed by atoms with Gasteiger partial charge in [-0.1, -0.05) is 12.1 Å². The van der Waals surface area contributed by atoms with E-state index < -0.39 is 0 Å². The van der Waals surface area contributed by atoms with Crippen LogP contribution in [0, 0.1) is 6.92 Å². The van der Waals surface area contributed by atoms with Crippen LogP contribution in [0.1, 0.15) is 22.5 Å². The van der Waals surface area contributed by atoms with Crippen LogP contribution in [-0.2, 0) is 29.2 Å². The highest BCUT2D eigenvalue weighted by Gasteiger charge is 2.29. The molecule has 3 aromatic heterocycles. The Morgan fingerprint density at radius 3 is 2.63 bits per heavy atom. The molecule has 0 saturated carbocycles. The molecule has 0 unspecified atom stereocenters. The maximum atomic E-state index is 13.4. The number of aryl methyl sites for hydroxylation is 1. The predicted octanol–water partition coefficient (Wildman–Crippen LogP) is 3.54. The van der Waals surface area contributed by atoms with Crippen molar-refractivity contribution in [2.45, 2.75) is 32.7 Å². The minimum atomic E-state index is -0.126. The second-order valence-electron chi connectivity index (χ2n) is 8.78. The summed E-state index contributed by atoms with van der Waals surface area (Å²) in [6, 6.07) is 11.8. The molecule has 0 N–H and O–H groups in total. The number of hydrogen-bond acceptors (Lipinski definition) is 7. The number of thiazole rings is 1. The van der Waals surface area contributed by atoms with E-state index in [0.29, 0.717) is 39.3 Å². The molecule has 1 aromatic carbocycles. The molecular formula is C26H29N5O3S. The van der Waals surface area contributed by atoms with Crippen molar-refractivity contribution in [3.05, 3.63) is 82.9 Å². The fourth-order valence-electron chi connectivity index (χ4n) is 4.42. The number of fused-ring (bicyclic) bond motifs is 1. The van der Waals surface area contributed by atoms with E-state index in [0.717, 1.165) is 33.2 Å². The summed E-state index contributed by atoms with van der Waals surface area (Å²) in [6.45, 7) is 5.21. The molecule has 1 amide bonds.